The van der Waals surface area contributed by atoms with Crippen molar-refractivity contribution in [3.8, 4) is 0 Å². The van der Waals surface area contributed by atoms with Crippen LogP contribution in [0.25, 0.3) is 0 Å². The van der Waals surface area contributed by atoms with E-state index >= 15 is 0 Å². The molecule has 2 amide bonds. The van der Waals surface area contributed by atoms with Crippen molar-refractivity contribution in [2.45, 2.75) is 20.0 Å². The molecule has 2 aromatic carbocycles. The maximum Gasteiger partial charge on any atom is 0.313 e. The molecule has 2 aromatic rings. The lowest BCUT2D eigenvalue weighted by molar-refractivity contribution is -0.136. The number of benzene rings is 2. The van der Waals surface area contributed by atoms with Gasteiger partial charge in [-0.25, -0.2) is 4.39 Å². The van der Waals surface area contributed by atoms with E-state index in [9.17, 15) is 14.0 Å². The van der Waals surface area contributed by atoms with E-state index in [1.807, 2.05) is 19.9 Å². The van der Waals surface area contributed by atoms with Crippen LogP contribution in [0.3, 0.4) is 0 Å². The van der Waals surface area contributed by atoms with E-state index in [4.69, 9.17) is 4.74 Å². The van der Waals surface area contributed by atoms with Gasteiger partial charge in [0, 0.05) is 19.3 Å². The maximum absolute atomic E-state index is 13.3. The number of aryl methyl sites for hydroxylation is 2. The summed E-state index contributed by atoms with van der Waals surface area (Å²) in [6.45, 7) is 3.87. The Balaban J connectivity index is 1.95. The van der Waals surface area contributed by atoms with Crippen molar-refractivity contribution in [3.05, 3.63) is 65.0 Å². The van der Waals surface area contributed by atoms with Crippen LogP contribution in [0, 0.1) is 19.7 Å². The van der Waals surface area contributed by atoms with Crippen molar-refractivity contribution in [2.24, 2.45) is 0 Å². The van der Waals surface area contributed by atoms with Crippen molar-refractivity contribution in [1.82, 2.24) is 5.32 Å². The number of hydrogen-bond donors (Lipinski definition) is 2. The Bertz CT molecular complexity index is 757. The van der Waals surface area contributed by atoms with Crippen LogP contribution in [-0.2, 0) is 14.3 Å². The van der Waals surface area contributed by atoms with Crippen molar-refractivity contribution < 1.29 is 18.7 Å². The number of hydrogen-bond acceptors (Lipinski definition) is 3. The zero-order valence-corrected chi connectivity index (χ0v) is 14.4. The Morgan fingerprint density at radius 1 is 1.08 bits per heavy atom. The van der Waals surface area contributed by atoms with Crippen LogP contribution in [-0.4, -0.2) is 25.5 Å². The van der Waals surface area contributed by atoms with E-state index in [2.05, 4.69) is 10.6 Å². The molecule has 132 valence electrons. The van der Waals surface area contributed by atoms with Gasteiger partial charge in [0.05, 0.1) is 6.10 Å². The molecule has 0 fully saturated rings. The van der Waals surface area contributed by atoms with Crippen LogP contribution in [0.1, 0.15) is 22.8 Å². The Kier molecular flexibility index (Phi) is 6.25. The standard InChI is InChI=1S/C19H21FN2O3/c1-12-7-13(2)9-16(8-12)22-19(24)18(23)21-11-17(25-3)14-5-4-6-15(20)10-14/h4-10,17H,11H2,1-3H3,(H,21,23)(H,22,24). The van der Waals surface area contributed by atoms with Crippen molar-refractivity contribution >= 4 is 17.5 Å². The van der Waals surface area contributed by atoms with Gasteiger partial charge in [-0.3, -0.25) is 9.59 Å². The number of anilines is 1. The fourth-order valence-electron chi connectivity index (χ4n) is 2.54. The van der Waals surface area contributed by atoms with Gasteiger partial charge in [0.1, 0.15) is 5.82 Å². The quantitative estimate of drug-likeness (QED) is 0.820. The van der Waals surface area contributed by atoms with Crippen LogP contribution in [0.5, 0.6) is 0 Å². The first-order valence-electron chi connectivity index (χ1n) is 7.85. The fourth-order valence-corrected chi connectivity index (χ4v) is 2.54. The Hall–Kier alpha value is -2.73. The third-order valence-corrected chi connectivity index (χ3v) is 3.64. The zero-order chi connectivity index (χ0) is 18.4. The average Bonchev–Trinajstić information content (AvgIpc) is 2.54. The Labute approximate surface area is 146 Å². The number of amides is 2. The third-order valence-electron chi connectivity index (χ3n) is 3.64. The van der Waals surface area contributed by atoms with Crippen molar-refractivity contribution in [1.29, 1.82) is 0 Å². The summed E-state index contributed by atoms with van der Waals surface area (Å²) < 4.78 is 18.5. The molecule has 1 unspecified atom stereocenters. The van der Waals surface area contributed by atoms with Gasteiger partial charge in [0.2, 0.25) is 0 Å². The molecule has 0 aliphatic heterocycles. The monoisotopic (exact) mass is 344 g/mol. The molecule has 0 heterocycles. The van der Waals surface area contributed by atoms with Crippen LogP contribution in [0.4, 0.5) is 10.1 Å². The van der Waals surface area contributed by atoms with Crippen LogP contribution in [0.15, 0.2) is 42.5 Å². The predicted octanol–water partition coefficient (Wildman–Crippen LogP) is 2.88. The molecular weight excluding hydrogens is 323 g/mol. The highest BCUT2D eigenvalue weighted by Crippen LogP contribution is 2.17. The lowest BCUT2D eigenvalue weighted by atomic mass is 10.1. The lowest BCUT2D eigenvalue weighted by Gasteiger charge is -2.16. The highest BCUT2D eigenvalue weighted by Gasteiger charge is 2.17. The molecule has 1 atom stereocenters. The molecular formula is C19H21FN2O3. The number of ether oxygens (including phenoxy) is 1. The predicted molar refractivity (Wildman–Crippen MR) is 93.7 cm³/mol. The minimum absolute atomic E-state index is 0.0546. The van der Waals surface area contributed by atoms with E-state index in [0.29, 0.717) is 11.3 Å². The minimum atomic E-state index is -0.780. The van der Waals surface area contributed by atoms with Gasteiger partial charge >= 0.3 is 11.8 Å². The summed E-state index contributed by atoms with van der Waals surface area (Å²) in [5.41, 5.74) is 3.12. The lowest BCUT2D eigenvalue weighted by Crippen LogP contribution is -2.38. The molecule has 6 heteroatoms. The highest BCUT2D eigenvalue weighted by atomic mass is 19.1. The average molecular weight is 344 g/mol. The van der Waals surface area contributed by atoms with Gasteiger partial charge in [-0.2, -0.15) is 0 Å². The zero-order valence-electron chi connectivity index (χ0n) is 14.4. The molecule has 2 rings (SSSR count). The second kappa shape index (κ2) is 8.39. The third kappa shape index (κ3) is 5.39. The van der Waals surface area contributed by atoms with E-state index in [1.165, 1.54) is 19.2 Å². The second-order valence-corrected chi connectivity index (χ2v) is 5.82. The summed E-state index contributed by atoms with van der Waals surface area (Å²) in [6.07, 6.45) is -0.548. The van der Waals surface area contributed by atoms with Gasteiger partial charge in [0.25, 0.3) is 0 Å². The molecule has 5 nitrogen and oxygen atoms in total. The van der Waals surface area contributed by atoms with Crippen LogP contribution in [0.2, 0.25) is 0 Å². The number of carbonyl (C=O) groups excluding carboxylic acids is 2. The summed E-state index contributed by atoms with van der Waals surface area (Å²) >= 11 is 0. The van der Waals surface area contributed by atoms with Gasteiger partial charge in [-0.1, -0.05) is 18.2 Å². The summed E-state index contributed by atoms with van der Waals surface area (Å²) in [6, 6.07) is 11.4. The molecule has 0 bridgehead atoms. The molecule has 0 saturated heterocycles. The Morgan fingerprint density at radius 3 is 2.36 bits per heavy atom. The molecule has 0 aliphatic carbocycles. The first-order valence-corrected chi connectivity index (χ1v) is 7.85. The van der Waals surface area contributed by atoms with Crippen molar-refractivity contribution in [3.63, 3.8) is 0 Å². The van der Waals surface area contributed by atoms with Crippen LogP contribution >= 0.6 is 0 Å². The maximum atomic E-state index is 13.3. The summed E-state index contributed by atoms with van der Waals surface area (Å²) in [5.74, 6) is -1.94. The fraction of sp³-hybridized carbons (Fsp3) is 0.263. The number of carbonyl (C=O) groups is 2. The number of rotatable bonds is 5. The number of methoxy groups -OCH3 is 1. The smallest absolute Gasteiger partial charge is 0.313 e. The molecule has 0 aliphatic rings. The van der Waals surface area contributed by atoms with Crippen LogP contribution < -0.4 is 10.6 Å². The second-order valence-electron chi connectivity index (χ2n) is 5.82. The van der Waals surface area contributed by atoms with Gasteiger partial charge in [0.15, 0.2) is 0 Å². The summed E-state index contributed by atoms with van der Waals surface area (Å²) in [7, 11) is 1.46. The van der Waals surface area contributed by atoms with E-state index in [1.54, 1.807) is 24.3 Å². The highest BCUT2D eigenvalue weighted by molar-refractivity contribution is 6.39. The molecule has 25 heavy (non-hydrogen) atoms. The molecule has 0 spiro atoms. The molecule has 0 aromatic heterocycles. The van der Waals surface area contributed by atoms with Gasteiger partial charge in [-0.05, 0) is 54.8 Å². The van der Waals surface area contributed by atoms with Gasteiger partial charge in [-0.15, -0.1) is 0 Å². The summed E-state index contributed by atoms with van der Waals surface area (Å²) in [4.78, 5) is 24.0. The van der Waals surface area contributed by atoms with E-state index in [-0.39, 0.29) is 6.54 Å². The molecule has 0 saturated carbocycles. The largest absolute Gasteiger partial charge is 0.375 e. The molecule has 2 N–H and O–H groups in total. The van der Waals surface area contributed by atoms with E-state index < -0.39 is 23.7 Å². The van der Waals surface area contributed by atoms with Crippen molar-refractivity contribution in [2.75, 3.05) is 19.0 Å². The van der Waals surface area contributed by atoms with Gasteiger partial charge < -0.3 is 15.4 Å². The topological polar surface area (TPSA) is 67.4 Å². The SMILES string of the molecule is COC(CNC(=O)C(=O)Nc1cc(C)cc(C)c1)c1cccc(F)c1. The summed E-state index contributed by atoms with van der Waals surface area (Å²) in [5, 5.41) is 5.06. The number of halogens is 1. The molecule has 0 radical (unpaired) electrons. The normalized spacial score (nSPS) is 11.7. The first kappa shape index (κ1) is 18.6. The van der Waals surface area contributed by atoms with E-state index in [0.717, 1.165) is 11.1 Å². The Morgan fingerprint density at radius 2 is 1.76 bits per heavy atom. The first-order chi connectivity index (χ1) is 11.9. The minimum Gasteiger partial charge on any atom is -0.375 e. The number of nitrogens with one attached hydrogen (secondary N) is 2.